The van der Waals surface area contributed by atoms with E-state index in [9.17, 15) is 9.90 Å². The lowest BCUT2D eigenvalue weighted by Gasteiger charge is -2.23. The Morgan fingerprint density at radius 2 is 1.88 bits per heavy atom. The van der Waals surface area contributed by atoms with Crippen molar-refractivity contribution in [3.63, 3.8) is 0 Å². The number of nitrogens with zero attached hydrogens (tertiary/aromatic N) is 2. The summed E-state index contributed by atoms with van der Waals surface area (Å²) in [6.07, 6.45) is 10.4. The number of hydrogen-bond donors (Lipinski definition) is 1. The van der Waals surface area contributed by atoms with Crippen LogP contribution in [0.5, 0.6) is 0 Å². The molecule has 0 bridgehead atoms. The number of aromatic nitrogens is 2. The fraction of sp³-hybridized carbons (Fsp3) is 0.450. The summed E-state index contributed by atoms with van der Waals surface area (Å²) < 4.78 is 0. The summed E-state index contributed by atoms with van der Waals surface area (Å²) in [5.74, 6) is 0.738. The molecule has 0 fully saturated rings. The molecule has 2 aromatic heterocycles. The first-order valence-electron chi connectivity index (χ1n) is 8.69. The van der Waals surface area contributed by atoms with Gasteiger partial charge in [-0.2, -0.15) is 0 Å². The second-order valence-corrected chi connectivity index (χ2v) is 7.27. The number of aldehydes is 1. The van der Waals surface area contributed by atoms with Gasteiger partial charge in [-0.25, -0.2) is 0 Å². The molecule has 24 heavy (non-hydrogen) atoms. The van der Waals surface area contributed by atoms with E-state index >= 15 is 0 Å². The summed E-state index contributed by atoms with van der Waals surface area (Å²) >= 11 is 0. The molecule has 2 heterocycles. The van der Waals surface area contributed by atoms with Crippen LogP contribution in [0.4, 0.5) is 0 Å². The normalized spacial score (nSPS) is 26.0. The first kappa shape index (κ1) is 15.5. The van der Waals surface area contributed by atoms with E-state index < -0.39 is 6.10 Å². The zero-order valence-electron chi connectivity index (χ0n) is 14.1. The minimum atomic E-state index is -0.623. The SMILES string of the molecule is C[C@@H]1CCc2c1cncc2[C@H](O)C1C[C@@H](C)c2cncc(C=O)c21. The van der Waals surface area contributed by atoms with Crippen LogP contribution in [0, 0.1) is 0 Å². The topological polar surface area (TPSA) is 63.1 Å². The van der Waals surface area contributed by atoms with Crippen LogP contribution < -0.4 is 0 Å². The van der Waals surface area contributed by atoms with Gasteiger partial charge in [-0.05, 0) is 53.4 Å². The lowest BCUT2D eigenvalue weighted by molar-refractivity contribution is 0.111. The van der Waals surface area contributed by atoms with Gasteiger partial charge in [0.25, 0.3) is 0 Å². The second kappa shape index (κ2) is 5.78. The molecule has 4 nitrogen and oxygen atoms in total. The molecular weight excluding hydrogens is 300 g/mol. The van der Waals surface area contributed by atoms with Crippen LogP contribution in [-0.4, -0.2) is 21.4 Å². The minimum Gasteiger partial charge on any atom is -0.388 e. The largest absolute Gasteiger partial charge is 0.388 e. The molecule has 2 aliphatic carbocycles. The van der Waals surface area contributed by atoms with Crippen LogP contribution in [-0.2, 0) is 6.42 Å². The van der Waals surface area contributed by atoms with Gasteiger partial charge in [-0.3, -0.25) is 14.8 Å². The van der Waals surface area contributed by atoms with Crippen molar-refractivity contribution in [2.45, 2.75) is 57.0 Å². The van der Waals surface area contributed by atoms with Crippen LogP contribution in [0.25, 0.3) is 0 Å². The third-order valence-electron chi connectivity index (χ3n) is 5.87. The monoisotopic (exact) mass is 322 g/mol. The van der Waals surface area contributed by atoms with Crippen molar-refractivity contribution in [3.8, 4) is 0 Å². The third-order valence-corrected chi connectivity index (χ3v) is 5.87. The van der Waals surface area contributed by atoms with Crippen LogP contribution >= 0.6 is 0 Å². The van der Waals surface area contributed by atoms with Gasteiger partial charge in [0.2, 0.25) is 0 Å². The Bertz CT molecular complexity index is 802. The van der Waals surface area contributed by atoms with Crippen molar-refractivity contribution in [3.05, 3.63) is 58.2 Å². The number of carbonyl (C=O) groups is 1. The molecule has 0 aromatic carbocycles. The Labute approximate surface area is 142 Å². The molecule has 0 amide bonds. The van der Waals surface area contributed by atoms with E-state index in [1.165, 1.54) is 11.1 Å². The predicted octanol–water partition coefficient (Wildman–Crippen LogP) is 3.66. The summed E-state index contributed by atoms with van der Waals surface area (Å²) in [5.41, 5.74) is 6.14. The smallest absolute Gasteiger partial charge is 0.151 e. The maximum absolute atomic E-state index is 11.5. The second-order valence-electron chi connectivity index (χ2n) is 7.27. The van der Waals surface area contributed by atoms with E-state index in [0.29, 0.717) is 17.4 Å². The fourth-order valence-electron chi connectivity index (χ4n) is 4.55. The van der Waals surface area contributed by atoms with Gasteiger partial charge in [0.1, 0.15) is 0 Å². The van der Waals surface area contributed by atoms with Crippen molar-refractivity contribution in [2.24, 2.45) is 0 Å². The molecular formula is C20H22N2O2. The summed E-state index contributed by atoms with van der Waals surface area (Å²) in [6.45, 7) is 4.35. The highest BCUT2D eigenvalue weighted by Crippen LogP contribution is 2.49. The summed E-state index contributed by atoms with van der Waals surface area (Å²) in [7, 11) is 0. The lowest BCUT2D eigenvalue weighted by Crippen LogP contribution is -2.13. The molecule has 0 spiro atoms. The lowest BCUT2D eigenvalue weighted by atomic mass is 9.86. The van der Waals surface area contributed by atoms with E-state index in [2.05, 4.69) is 23.8 Å². The number of fused-ring (bicyclic) bond motifs is 2. The maximum atomic E-state index is 11.5. The molecule has 2 aromatic rings. The third kappa shape index (κ3) is 2.20. The van der Waals surface area contributed by atoms with Gasteiger partial charge in [0, 0.05) is 41.8 Å². The molecule has 124 valence electrons. The first-order valence-corrected chi connectivity index (χ1v) is 8.69. The van der Waals surface area contributed by atoms with E-state index in [-0.39, 0.29) is 5.92 Å². The van der Waals surface area contributed by atoms with Gasteiger partial charge in [0.15, 0.2) is 6.29 Å². The van der Waals surface area contributed by atoms with Gasteiger partial charge in [-0.1, -0.05) is 13.8 Å². The molecule has 1 N–H and O–H groups in total. The predicted molar refractivity (Wildman–Crippen MR) is 91.3 cm³/mol. The van der Waals surface area contributed by atoms with E-state index in [0.717, 1.165) is 42.2 Å². The minimum absolute atomic E-state index is 0.0672. The van der Waals surface area contributed by atoms with Gasteiger partial charge >= 0.3 is 0 Å². The van der Waals surface area contributed by atoms with Crippen molar-refractivity contribution < 1.29 is 9.90 Å². The number of rotatable bonds is 3. The number of pyridine rings is 2. The average Bonchev–Trinajstić information content (AvgIpc) is 3.15. The van der Waals surface area contributed by atoms with Crippen LogP contribution in [0.1, 0.15) is 88.7 Å². The van der Waals surface area contributed by atoms with E-state index in [1.807, 2.05) is 18.6 Å². The number of aliphatic hydroxyl groups is 1. The standard InChI is InChI=1S/C20H22N2O2/c1-11-3-4-14-16(11)7-22-9-18(14)20(24)15-5-12(2)17-8-21-6-13(10-23)19(15)17/h6-12,15,20,24H,3-5H2,1-2H3/t11-,12-,15?,20-/m1/s1. The number of aliphatic hydroxyl groups excluding tert-OH is 1. The highest BCUT2D eigenvalue weighted by atomic mass is 16.3. The molecule has 2 aliphatic rings. The molecule has 1 unspecified atom stereocenters. The van der Waals surface area contributed by atoms with Crippen molar-refractivity contribution in [2.75, 3.05) is 0 Å². The van der Waals surface area contributed by atoms with E-state index in [4.69, 9.17) is 0 Å². The van der Waals surface area contributed by atoms with Gasteiger partial charge in [0.05, 0.1) is 6.10 Å². The molecule has 0 radical (unpaired) electrons. The van der Waals surface area contributed by atoms with Gasteiger partial charge < -0.3 is 5.11 Å². The Kier molecular flexibility index (Phi) is 3.72. The van der Waals surface area contributed by atoms with Crippen molar-refractivity contribution in [1.29, 1.82) is 0 Å². The molecule has 4 heteroatoms. The zero-order valence-corrected chi connectivity index (χ0v) is 14.1. The van der Waals surface area contributed by atoms with Crippen LogP contribution in [0.15, 0.2) is 24.8 Å². The summed E-state index contributed by atoms with van der Waals surface area (Å²) in [5, 5.41) is 11.2. The molecule has 0 aliphatic heterocycles. The quantitative estimate of drug-likeness (QED) is 0.876. The van der Waals surface area contributed by atoms with Crippen LogP contribution in [0.2, 0.25) is 0 Å². The Morgan fingerprint density at radius 3 is 2.67 bits per heavy atom. The Morgan fingerprint density at radius 1 is 1.12 bits per heavy atom. The maximum Gasteiger partial charge on any atom is 0.151 e. The number of hydrogen-bond acceptors (Lipinski definition) is 4. The zero-order chi connectivity index (χ0) is 16.8. The van der Waals surface area contributed by atoms with Gasteiger partial charge in [-0.15, -0.1) is 0 Å². The Hall–Kier alpha value is -2.07. The van der Waals surface area contributed by atoms with Crippen molar-refractivity contribution in [1.82, 2.24) is 9.97 Å². The van der Waals surface area contributed by atoms with E-state index in [1.54, 1.807) is 6.20 Å². The molecule has 4 rings (SSSR count). The summed E-state index contributed by atoms with van der Waals surface area (Å²) in [4.78, 5) is 20.0. The van der Waals surface area contributed by atoms with Crippen molar-refractivity contribution >= 4 is 6.29 Å². The van der Waals surface area contributed by atoms with Crippen LogP contribution in [0.3, 0.4) is 0 Å². The highest BCUT2D eigenvalue weighted by molar-refractivity contribution is 5.78. The summed E-state index contributed by atoms with van der Waals surface area (Å²) in [6, 6.07) is 0. The highest BCUT2D eigenvalue weighted by Gasteiger charge is 2.37. The average molecular weight is 322 g/mol. The molecule has 0 saturated carbocycles. The Balaban J connectivity index is 1.79. The first-order chi connectivity index (χ1) is 11.6. The molecule has 4 atom stereocenters. The molecule has 0 saturated heterocycles. The fourth-order valence-corrected chi connectivity index (χ4v) is 4.55. The number of carbonyl (C=O) groups excluding carboxylic acids is 1.